The van der Waals surface area contributed by atoms with Gasteiger partial charge in [0.2, 0.25) is 5.76 Å². The Morgan fingerprint density at radius 3 is 3.12 bits per heavy atom. The Balaban J connectivity index is 2.26. The maximum absolute atomic E-state index is 11.3. The largest absolute Gasteiger partial charge is 0.363 e. The molecule has 1 aromatic heterocycles. The lowest BCUT2D eigenvalue weighted by atomic mass is 10.1. The minimum Gasteiger partial charge on any atom is -0.363 e. The maximum Gasteiger partial charge on any atom is 0.288 e. The number of fused-ring (bicyclic) bond motifs is 1. The number of nitrogens with two attached hydrogens (primary N) is 1. The summed E-state index contributed by atoms with van der Waals surface area (Å²) in [6.07, 6.45) is 0. The molecule has 17 heavy (non-hydrogen) atoms. The fourth-order valence-electron chi connectivity index (χ4n) is 1.72. The van der Waals surface area contributed by atoms with Crippen LogP contribution in [0.25, 0.3) is 10.9 Å². The molecule has 2 heterocycles. The molecule has 7 heteroatoms. The smallest absolute Gasteiger partial charge is 0.288 e. The van der Waals surface area contributed by atoms with E-state index in [4.69, 9.17) is 10.3 Å². The van der Waals surface area contributed by atoms with Crippen molar-refractivity contribution in [2.24, 2.45) is 10.8 Å². The van der Waals surface area contributed by atoms with Gasteiger partial charge in [0.15, 0.2) is 0 Å². The highest BCUT2D eigenvalue weighted by molar-refractivity contribution is 8.12. The topological polar surface area (TPSA) is 84.7 Å². The number of hydrogen-bond acceptors (Lipinski definition) is 6. The highest BCUT2D eigenvalue weighted by atomic mass is 32.2. The number of hydrogen-bond donors (Lipinski definition) is 1. The van der Waals surface area contributed by atoms with E-state index >= 15 is 0 Å². The number of amides is 1. The standard InChI is InChI=1S/C10H8N4O2S/c11-10(15)9-8-6(13-16-9)2-1-3-7(8)14-5-17-4-12-14/h1-4H,5H2,(H2,11,15). The molecule has 0 atom stereocenters. The predicted octanol–water partition coefficient (Wildman–Crippen LogP) is 1.38. The van der Waals surface area contributed by atoms with Crippen LogP contribution in [0.2, 0.25) is 0 Å². The number of carbonyl (C=O) groups is 1. The highest BCUT2D eigenvalue weighted by Crippen LogP contribution is 2.32. The summed E-state index contributed by atoms with van der Waals surface area (Å²) in [6, 6.07) is 5.46. The third kappa shape index (κ3) is 1.55. The van der Waals surface area contributed by atoms with E-state index in [0.717, 1.165) is 5.69 Å². The fraction of sp³-hybridized carbons (Fsp3) is 0.100. The quantitative estimate of drug-likeness (QED) is 0.867. The molecule has 1 aliphatic heterocycles. The number of hydrazone groups is 1. The molecule has 1 aliphatic rings. The molecule has 0 radical (unpaired) electrons. The van der Waals surface area contributed by atoms with Crippen molar-refractivity contribution < 1.29 is 9.32 Å². The number of aromatic nitrogens is 1. The molecular formula is C10H8N4O2S. The normalized spacial score (nSPS) is 14.7. The first-order chi connectivity index (χ1) is 8.27. The molecule has 6 nitrogen and oxygen atoms in total. The van der Waals surface area contributed by atoms with Gasteiger partial charge in [-0.1, -0.05) is 23.0 Å². The first kappa shape index (κ1) is 10.2. The van der Waals surface area contributed by atoms with Crippen molar-refractivity contribution in [1.82, 2.24) is 5.16 Å². The molecule has 3 rings (SSSR count). The van der Waals surface area contributed by atoms with Crippen LogP contribution >= 0.6 is 11.8 Å². The molecule has 2 N–H and O–H groups in total. The van der Waals surface area contributed by atoms with Gasteiger partial charge in [0, 0.05) is 0 Å². The van der Waals surface area contributed by atoms with Gasteiger partial charge in [-0.2, -0.15) is 5.10 Å². The molecule has 2 aromatic rings. The minimum atomic E-state index is -0.629. The Hall–Kier alpha value is -2.02. The second kappa shape index (κ2) is 3.77. The van der Waals surface area contributed by atoms with Crippen molar-refractivity contribution in [3.8, 4) is 0 Å². The minimum absolute atomic E-state index is 0.0719. The fourth-order valence-corrected chi connectivity index (χ4v) is 2.31. The lowest BCUT2D eigenvalue weighted by Crippen LogP contribution is -2.14. The van der Waals surface area contributed by atoms with Crippen molar-refractivity contribution in [1.29, 1.82) is 0 Å². The van der Waals surface area contributed by atoms with Crippen LogP contribution in [0.5, 0.6) is 0 Å². The van der Waals surface area contributed by atoms with Crippen molar-refractivity contribution in [2.75, 3.05) is 10.9 Å². The number of nitrogens with zero attached hydrogens (tertiary/aromatic N) is 3. The molecule has 0 bridgehead atoms. The summed E-state index contributed by atoms with van der Waals surface area (Å²) < 4.78 is 4.97. The van der Waals surface area contributed by atoms with Gasteiger partial charge in [0.05, 0.1) is 22.5 Å². The summed E-state index contributed by atoms with van der Waals surface area (Å²) in [5.41, 5.74) is 8.38. The number of benzene rings is 1. The SMILES string of the molecule is NC(=O)c1onc2cccc(N3CSC=N3)c12. The molecular weight excluding hydrogens is 240 g/mol. The summed E-state index contributed by atoms with van der Waals surface area (Å²) in [6.45, 7) is 0. The molecule has 1 aromatic carbocycles. The maximum atomic E-state index is 11.3. The van der Waals surface area contributed by atoms with E-state index in [1.54, 1.807) is 28.4 Å². The Morgan fingerprint density at radius 2 is 2.41 bits per heavy atom. The number of thioether (sulfide) groups is 1. The average molecular weight is 248 g/mol. The predicted molar refractivity (Wildman–Crippen MR) is 66.0 cm³/mol. The Kier molecular flexibility index (Phi) is 2.25. The van der Waals surface area contributed by atoms with Gasteiger partial charge in [-0.3, -0.25) is 9.80 Å². The molecule has 86 valence electrons. The first-order valence-electron chi connectivity index (χ1n) is 4.87. The molecule has 0 saturated heterocycles. The third-order valence-electron chi connectivity index (χ3n) is 2.44. The van der Waals surface area contributed by atoms with Gasteiger partial charge >= 0.3 is 0 Å². The van der Waals surface area contributed by atoms with Gasteiger partial charge < -0.3 is 10.3 Å². The molecule has 0 saturated carbocycles. The van der Waals surface area contributed by atoms with Crippen LogP contribution in [0.1, 0.15) is 10.6 Å². The van der Waals surface area contributed by atoms with Crippen molar-refractivity contribution in [2.45, 2.75) is 0 Å². The van der Waals surface area contributed by atoms with Crippen LogP contribution in [0.4, 0.5) is 5.69 Å². The molecule has 0 fully saturated rings. The van der Waals surface area contributed by atoms with Crippen LogP contribution in [-0.4, -0.2) is 22.5 Å². The van der Waals surface area contributed by atoms with E-state index in [0.29, 0.717) is 16.8 Å². The number of rotatable bonds is 2. The zero-order valence-corrected chi connectivity index (χ0v) is 9.48. The summed E-state index contributed by atoms with van der Waals surface area (Å²) in [7, 11) is 0. The second-order valence-corrected chi connectivity index (χ2v) is 4.27. The Labute approximate surface area is 100 Å². The van der Waals surface area contributed by atoms with E-state index in [2.05, 4.69) is 10.3 Å². The van der Waals surface area contributed by atoms with Crippen LogP contribution in [0.15, 0.2) is 27.8 Å². The summed E-state index contributed by atoms with van der Waals surface area (Å²) in [5, 5.41) is 10.4. The summed E-state index contributed by atoms with van der Waals surface area (Å²) in [5.74, 6) is 0.140. The van der Waals surface area contributed by atoms with Crippen LogP contribution in [0, 0.1) is 0 Å². The van der Waals surface area contributed by atoms with E-state index in [1.807, 2.05) is 12.1 Å². The van der Waals surface area contributed by atoms with Crippen LogP contribution in [-0.2, 0) is 0 Å². The zero-order valence-electron chi connectivity index (χ0n) is 8.66. The number of carbonyl (C=O) groups excluding carboxylic acids is 1. The van der Waals surface area contributed by atoms with E-state index in [9.17, 15) is 4.79 Å². The molecule has 0 unspecified atom stereocenters. The lowest BCUT2D eigenvalue weighted by molar-refractivity contribution is 0.0967. The highest BCUT2D eigenvalue weighted by Gasteiger charge is 2.21. The summed E-state index contributed by atoms with van der Waals surface area (Å²) >= 11 is 1.57. The lowest BCUT2D eigenvalue weighted by Gasteiger charge is -2.13. The molecule has 1 amide bonds. The number of anilines is 1. The second-order valence-electron chi connectivity index (χ2n) is 3.46. The van der Waals surface area contributed by atoms with Gasteiger partial charge in [-0.25, -0.2) is 0 Å². The van der Waals surface area contributed by atoms with Gasteiger partial charge in [-0.05, 0) is 12.1 Å². The van der Waals surface area contributed by atoms with Gasteiger partial charge in [-0.15, -0.1) is 0 Å². The summed E-state index contributed by atoms with van der Waals surface area (Å²) in [4.78, 5) is 11.3. The molecule has 0 aliphatic carbocycles. The van der Waals surface area contributed by atoms with E-state index in [-0.39, 0.29) is 5.76 Å². The van der Waals surface area contributed by atoms with E-state index < -0.39 is 5.91 Å². The van der Waals surface area contributed by atoms with Crippen molar-refractivity contribution in [3.05, 3.63) is 24.0 Å². The molecule has 0 spiro atoms. The van der Waals surface area contributed by atoms with Crippen LogP contribution < -0.4 is 10.7 Å². The van der Waals surface area contributed by atoms with Crippen LogP contribution in [0.3, 0.4) is 0 Å². The monoisotopic (exact) mass is 248 g/mol. The average Bonchev–Trinajstić information content (AvgIpc) is 2.97. The zero-order chi connectivity index (χ0) is 11.8. The van der Waals surface area contributed by atoms with Crippen molar-refractivity contribution >= 4 is 39.8 Å². The number of primary amides is 1. The first-order valence-corrected chi connectivity index (χ1v) is 5.92. The van der Waals surface area contributed by atoms with Gasteiger partial charge in [0.1, 0.15) is 5.52 Å². The Bertz CT molecular complexity index is 622. The Morgan fingerprint density at radius 1 is 1.53 bits per heavy atom. The van der Waals surface area contributed by atoms with Crippen molar-refractivity contribution in [3.63, 3.8) is 0 Å². The third-order valence-corrected chi connectivity index (χ3v) is 3.08. The van der Waals surface area contributed by atoms with Gasteiger partial charge in [0.25, 0.3) is 5.91 Å². The van der Waals surface area contributed by atoms with E-state index in [1.165, 1.54) is 0 Å².